The Morgan fingerprint density at radius 2 is 1.86 bits per heavy atom. The highest BCUT2D eigenvalue weighted by molar-refractivity contribution is 7.92. The molecule has 1 aliphatic heterocycles. The molecule has 1 saturated heterocycles. The largest absolute Gasteiger partial charge is 0.378 e. The minimum Gasteiger partial charge on any atom is -0.378 e. The van der Waals surface area contributed by atoms with Crippen molar-refractivity contribution in [2.45, 2.75) is 6.92 Å². The van der Waals surface area contributed by atoms with Gasteiger partial charge in [0.25, 0.3) is 5.91 Å². The van der Waals surface area contributed by atoms with E-state index >= 15 is 0 Å². The molecule has 1 amide bonds. The van der Waals surface area contributed by atoms with Gasteiger partial charge in [0.2, 0.25) is 10.0 Å². The number of benzene rings is 2. The molecule has 0 aliphatic carbocycles. The van der Waals surface area contributed by atoms with E-state index < -0.39 is 21.7 Å². The molecule has 150 valence electrons. The normalized spacial score (nSPS) is 14.6. The van der Waals surface area contributed by atoms with E-state index in [1.165, 1.54) is 12.1 Å². The van der Waals surface area contributed by atoms with Crippen LogP contribution in [0.25, 0.3) is 0 Å². The molecule has 9 heteroatoms. The number of hydrogen-bond acceptors (Lipinski definition) is 5. The monoisotopic (exact) mass is 407 g/mol. The van der Waals surface area contributed by atoms with Crippen LogP contribution < -0.4 is 14.9 Å². The molecule has 0 spiro atoms. The summed E-state index contributed by atoms with van der Waals surface area (Å²) < 4.78 is 45.0. The van der Waals surface area contributed by atoms with E-state index in [2.05, 4.69) is 10.0 Å². The highest BCUT2D eigenvalue weighted by Crippen LogP contribution is 2.25. The molecule has 1 fully saturated rings. The van der Waals surface area contributed by atoms with Crippen LogP contribution in [0.5, 0.6) is 0 Å². The summed E-state index contributed by atoms with van der Waals surface area (Å²) in [6.45, 7) is 4.06. The van der Waals surface area contributed by atoms with Crippen LogP contribution in [0, 0.1) is 12.7 Å². The second kappa shape index (κ2) is 8.15. The molecule has 3 rings (SSSR count). The van der Waals surface area contributed by atoms with Gasteiger partial charge in [0.05, 0.1) is 30.8 Å². The van der Waals surface area contributed by atoms with Crippen molar-refractivity contribution >= 4 is 33.0 Å². The van der Waals surface area contributed by atoms with E-state index in [1.54, 1.807) is 31.2 Å². The fourth-order valence-electron chi connectivity index (χ4n) is 2.92. The number of nitrogens with one attached hydrogen (secondary N) is 2. The van der Waals surface area contributed by atoms with Crippen molar-refractivity contribution < 1.29 is 22.3 Å². The number of anilines is 3. The van der Waals surface area contributed by atoms with Crippen LogP contribution >= 0.6 is 0 Å². The fourth-order valence-corrected chi connectivity index (χ4v) is 3.54. The van der Waals surface area contributed by atoms with Gasteiger partial charge < -0.3 is 15.0 Å². The Kier molecular flexibility index (Phi) is 5.85. The molecule has 1 aliphatic rings. The highest BCUT2D eigenvalue weighted by Gasteiger charge is 2.16. The molecule has 0 bridgehead atoms. The Morgan fingerprint density at radius 3 is 2.50 bits per heavy atom. The first-order valence-electron chi connectivity index (χ1n) is 8.75. The van der Waals surface area contributed by atoms with Crippen molar-refractivity contribution in [3.8, 4) is 0 Å². The van der Waals surface area contributed by atoms with E-state index in [1.807, 2.05) is 4.90 Å². The second-order valence-electron chi connectivity index (χ2n) is 6.62. The smallest absolute Gasteiger partial charge is 0.255 e. The van der Waals surface area contributed by atoms with Crippen LogP contribution in [0.15, 0.2) is 36.4 Å². The van der Waals surface area contributed by atoms with Crippen LogP contribution in [0.4, 0.5) is 21.5 Å². The minimum absolute atomic E-state index is 0.259. The number of morpholine rings is 1. The summed E-state index contributed by atoms with van der Waals surface area (Å²) in [7, 11) is -3.47. The maximum absolute atomic E-state index is 14.5. The molecule has 2 aromatic carbocycles. The van der Waals surface area contributed by atoms with Gasteiger partial charge in [0.15, 0.2) is 0 Å². The van der Waals surface area contributed by atoms with Gasteiger partial charge in [-0.2, -0.15) is 0 Å². The molecule has 1 heterocycles. The van der Waals surface area contributed by atoms with Crippen molar-refractivity contribution in [1.29, 1.82) is 0 Å². The average Bonchev–Trinajstić information content (AvgIpc) is 2.63. The lowest BCUT2D eigenvalue weighted by atomic mass is 10.1. The van der Waals surface area contributed by atoms with Crippen LogP contribution in [0.2, 0.25) is 0 Å². The minimum atomic E-state index is -3.47. The molecule has 7 nitrogen and oxygen atoms in total. The van der Waals surface area contributed by atoms with Gasteiger partial charge in [-0.1, -0.05) is 6.07 Å². The highest BCUT2D eigenvalue weighted by atomic mass is 32.2. The molecule has 0 saturated carbocycles. The fraction of sp³-hybridized carbons (Fsp3) is 0.316. The number of nitrogens with zero attached hydrogens (tertiary/aromatic N) is 1. The zero-order chi connectivity index (χ0) is 20.3. The predicted octanol–water partition coefficient (Wildman–Crippen LogP) is 2.59. The lowest BCUT2D eigenvalue weighted by Gasteiger charge is -2.29. The van der Waals surface area contributed by atoms with Crippen molar-refractivity contribution in [1.82, 2.24) is 0 Å². The quantitative estimate of drug-likeness (QED) is 0.796. The summed E-state index contributed by atoms with van der Waals surface area (Å²) in [6.07, 6.45) is 1.04. The predicted molar refractivity (Wildman–Crippen MR) is 107 cm³/mol. The van der Waals surface area contributed by atoms with E-state index in [0.29, 0.717) is 48.9 Å². The third kappa shape index (κ3) is 4.99. The summed E-state index contributed by atoms with van der Waals surface area (Å²) in [6, 6.07) is 9.20. The Labute approximate surface area is 163 Å². The molecule has 0 radical (unpaired) electrons. The third-order valence-electron chi connectivity index (χ3n) is 4.35. The van der Waals surface area contributed by atoms with Gasteiger partial charge in [-0.25, -0.2) is 12.8 Å². The number of carbonyl (C=O) groups is 1. The first-order valence-corrected chi connectivity index (χ1v) is 10.6. The molecular formula is C19H22FN3O4S. The lowest BCUT2D eigenvalue weighted by molar-refractivity contribution is 0.102. The number of rotatable bonds is 5. The molecule has 0 aromatic heterocycles. The van der Waals surface area contributed by atoms with E-state index in [9.17, 15) is 17.6 Å². The summed E-state index contributed by atoms with van der Waals surface area (Å²) in [4.78, 5) is 14.4. The zero-order valence-corrected chi connectivity index (χ0v) is 16.5. The second-order valence-corrected chi connectivity index (χ2v) is 8.37. The first-order chi connectivity index (χ1) is 13.2. The maximum atomic E-state index is 14.5. The molecular weight excluding hydrogens is 385 g/mol. The third-order valence-corrected chi connectivity index (χ3v) is 4.94. The van der Waals surface area contributed by atoms with Crippen molar-refractivity contribution in [3.05, 3.63) is 53.3 Å². The number of hydrogen-bond donors (Lipinski definition) is 2. The molecule has 2 N–H and O–H groups in total. The lowest BCUT2D eigenvalue weighted by Crippen LogP contribution is -2.36. The number of halogens is 1. The molecule has 2 aromatic rings. The Hall–Kier alpha value is -2.65. The van der Waals surface area contributed by atoms with E-state index in [4.69, 9.17) is 4.74 Å². The van der Waals surface area contributed by atoms with Gasteiger partial charge in [0, 0.05) is 24.3 Å². The number of ether oxygens (including phenoxy) is 1. The Balaban J connectivity index is 1.76. The van der Waals surface area contributed by atoms with Crippen LogP contribution in [0.3, 0.4) is 0 Å². The SMILES string of the molecule is Cc1ccc(C(=O)Nc2ccc(N3CCOCC3)c(F)c2)cc1NS(C)(=O)=O. The van der Waals surface area contributed by atoms with Crippen molar-refractivity contribution in [3.63, 3.8) is 0 Å². The van der Waals surface area contributed by atoms with Crippen molar-refractivity contribution in [2.24, 2.45) is 0 Å². The van der Waals surface area contributed by atoms with Gasteiger partial charge in [0.1, 0.15) is 5.82 Å². The molecule has 0 atom stereocenters. The summed E-state index contributed by atoms with van der Waals surface area (Å²) in [5.41, 5.74) is 2.05. The van der Waals surface area contributed by atoms with Crippen LogP contribution in [0.1, 0.15) is 15.9 Å². The maximum Gasteiger partial charge on any atom is 0.255 e. The number of amides is 1. The average molecular weight is 407 g/mol. The molecule has 0 unspecified atom stereocenters. The van der Waals surface area contributed by atoms with Gasteiger partial charge in [-0.15, -0.1) is 0 Å². The van der Waals surface area contributed by atoms with Crippen LogP contribution in [-0.4, -0.2) is 46.9 Å². The van der Waals surface area contributed by atoms with Gasteiger partial charge >= 0.3 is 0 Å². The number of sulfonamides is 1. The molecule has 28 heavy (non-hydrogen) atoms. The zero-order valence-electron chi connectivity index (χ0n) is 15.7. The Bertz CT molecular complexity index is 989. The summed E-state index contributed by atoms with van der Waals surface area (Å²) in [5.74, 6) is -0.891. The number of carbonyl (C=O) groups excluding carboxylic acids is 1. The van der Waals surface area contributed by atoms with Gasteiger partial charge in [-0.05, 0) is 42.8 Å². The van der Waals surface area contributed by atoms with E-state index in [-0.39, 0.29) is 5.56 Å². The van der Waals surface area contributed by atoms with Gasteiger partial charge in [-0.3, -0.25) is 9.52 Å². The Morgan fingerprint density at radius 1 is 1.14 bits per heavy atom. The topological polar surface area (TPSA) is 87.7 Å². The standard InChI is InChI=1S/C19H22FN3O4S/c1-13-3-4-14(11-17(13)22-28(2,25)26)19(24)21-15-5-6-18(16(20)12-15)23-7-9-27-10-8-23/h3-6,11-12,22H,7-10H2,1-2H3,(H,21,24). The first kappa shape index (κ1) is 20.1. The van der Waals surface area contributed by atoms with Crippen LogP contribution in [-0.2, 0) is 14.8 Å². The van der Waals surface area contributed by atoms with Crippen molar-refractivity contribution in [2.75, 3.05) is 47.5 Å². The summed E-state index contributed by atoms with van der Waals surface area (Å²) in [5, 5.41) is 2.64. The summed E-state index contributed by atoms with van der Waals surface area (Å²) >= 11 is 0. The van der Waals surface area contributed by atoms with E-state index in [0.717, 1.165) is 6.26 Å². The number of aryl methyl sites for hydroxylation is 1.